The molecule has 0 fully saturated rings. The molecule has 1 atom stereocenters. The summed E-state index contributed by atoms with van der Waals surface area (Å²) in [6.07, 6.45) is 0. The van der Waals surface area contributed by atoms with Gasteiger partial charge in [0.05, 0.1) is 0 Å². The average molecular weight is 809 g/mol. The van der Waals surface area contributed by atoms with E-state index < -0.39 is 10.6 Å². The van der Waals surface area contributed by atoms with Crippen molar-refractivity contribution in [2.45, 2.75) is 17.5 Å². The Balaban J connectivity index is 1.39. The van der Waals surface area contributed by atoms with Crippen LogP contribution >= 0.6 is 0 Å². The molecule has 64 heavy (non-hydrogen) atoms. The maximum absolute atomic E-state index is 12.4. The minimum absolute atomic E-state index is 0.488. The molecule has 1 aliphatic rings. The van der Waals surface area contributed by atoms with Gasteiger partial charge in [0.15, 0.2) is 0 Å². The van der Waals surface area contributed by atoms with Gasteiger partial charge in [-0.1, -0.05) is 0 Å². The Morgan fingerprint density at radius 1 is 0.562 bits per heavy atom. The van der Waals surface area contributed by atoms with Gasteiger partial charge in [0.1, 0.15) is 0 Å². The molecule has 1 unspecified atom stereocenters. The summed E-state index contributed by atoms with van der Waals surface area (Å²) in [4.78, 5) is 5.16. The number of aliphatic hydroxyl groups is 1. The van der Waals surface area contributed by atoms with E-state index >= 15 is 0 Å². The Bertz CT molecular complexity index is 3670. The van der Waals surface area contributed by atoms with Crippen molar-refractivity contribution < 1.29 is 5.11 Å². The molecule has 1 heterocycles. The summed E-state index contributed by atoms with van der Waals surface area (Å²) < 4.78 is 2.20. The molecule has 3 nitrogen and oxygen atoms in total. The van der Waals surface area contributed by atoms with Crippen molar-refractivity contribution in [1.82, 2.24) is 9.55 Å². The van der Waals surface area contributed by atoms with Crippen LogP contribution in [0.3, 0.4) is 0 Å². The fourth-order valence-corrected chi connectivity index (χ4v) is 10.7. The Morgan fingerprint density at radius 3 is 1.73 bits per heavy atom. The van der Waals surface area contributed by atoms with Crippen molar-refractivity contribution in [2.24, 2.45) is 0 Å². The van der Waals surface area contributed by atoms with Crippen LogP contribution in [0.15, 0.2) is 126 Å². The van der Waals surface area contributed by atoms with Gasteiger partial charge < -0.3 is 0 Å². The van der Waals surface area contributed by atoms with E-state index in [1.165, 1.54) is 104 Å². The topological polar surface area (TPSA) is 38.0 Å². The molecule has 0 amide bonds. The van der Waals surface area contributed by atoms with Crippen LogP contribution in [-0.4, -0.2) is 108 Å². The number of hydrogen-bond acceptors (Lipinski definition) is 2. The van der Waals surface area contributed by atoms with Gasteiger partial charge in [-0.2, -0.15) is 0 Å². The number of allylic oxidation sites excluding steroid dienone is 2. The predicted octanol–water partition coefficient (Wildman–Crippen LogP) is -3.36. The summed E-state index contributed by atoms with van der Waals surface area (Å²) >= 11 is 0. The zero-order valence-corrected chi connectivity index (χ0v) is 39.5. The van der Waals surface area contributed by atoms with Gasteiger partial charge in [0.2, 0.25) is 0 Å². The van der Waals surface area contributed by atoms with Gasteiger partial charge in [-0.05, 0) is 0 Å². The predicted molar refractivity (Wildman–Crippen MR) is 310 cm³/mol. The number of imidazole rings is 1. The molecule has 0 radical (unpaired) electrons. The first-order valence-electron chi connectivity index (χ1n) is 22.7. The summed E-state index contributed by atoms with van der Waals surface area (Å²) in [5.74, 6) is 0.629. The first-order valence-corrected chi connectivity index (χ1v) is 22.7. The number of para-hydroxylation sites is 2. The van der Waals surface area contributed by atoms with E-state index in [9.17, 15) is 5.11 Å². The second-order valence-corrected chi connectivity index (χ2v) is 19.8. The fourth-order valence-electron chi connectivity index (χ4n) is 10.7. The van der Waals surface area contributed by atoms with E-state index in [2.05, 4.69) is 193 Å². The molecule has 294 valence electrons. The summed E-state index contributed by atoms with van der Waals surface area (Å²) in [6, 6.07) is 42.0. The van der Waals surface area contributed by atoms with Gasteiger partial charge in [-0.25, -0.2) is 0 Å². The number of fused-ring (bicyclic) bond motifs is 6. The molecule has 0 saturated heterocycles. The van der Waals surface area contributed by atoms with Gasteiger partial charge in [-0.15, -0.1) is 0 Å². The molecule has 9 aromatic rings. The van der Waals surface area contributed by atoms with E-state index in [0.29, 0.717) is 5.82 Å². The molecule has 10 rings (SSSR count). The summed E-state index contributed by atoms with van der Waals surface area (Å²) in [5, 5.41) is 21.5. The number of nitrogens with zero attached hydrogens (tertiary/aromatic N) is 2. The molecule has 0 saturated carbocycles. The zero-order chi connectivity index (χ0) is 45.3. The molecule has 1 aliphatic carbocycles. The van der Waals surface area contributed by atoms with Crippen molar-refractivity contribution >= 4 is 164 Å². The number of rotatable bonds is 6. The molecule has 1 N–H and O–H groups in total. The van der Waals surface area contributed by atoms with Crippen molar-refractivity contribution in [3.8, 4) is 50.2 Å². The fraction of sp³-hybridized carbons (Fsp3) is 0.0612. The van der Waals surface area contributed by atoms with Gasteiger partial charge in [0.25, 0.3) is 0 Å². The monoisotopic (exact) mass is 810 g/mol. The van der Waals surface area contributed by atoms with Crippen LogP contribution in [0.5, 0.6) is 0 Å². The molecular formula is C49H46B12N2O. The third kappa shape index (κ3) is 5.95. The van der Waals surface area contributed by atoms with Crippen LogP contribution < -0.4 is 27.1 Å². The SMILES string of the molecule is B=c1c(-c2ccc3c4c(cccc24)-c2ccccc2-3)c2c(B)c(B)c(B)c(B)c2c(-c2ccc(-n3c(C(B)(O)C(B)(B)B)nc4ccccc43)c3ccccc23)/c1=C(B)/C(B)=C(/B)C. The molecule has 8 aromatic carbocycles. The third-order valence-corrected chi connectivity index (χ3v) is 15.4. The quantitative estimate of drug-likeness (QED) is 0.179. The molecule has 0 bridgehead atoms. The van der Waals surface area contributed by atoms with Crippen molar-refractivity contribution in [2.75, 3.05) is 0 Å². The summed E-state index contributed by atoms with van der Waals surface area (Å²) in [5.41, 5.74) is 20.5. The van der Waals surface area contributed by atoms with E-state index in [1.54, 1.807) is 0 Å². The Morgan fingerprint density at radius 2 is 1.08 bits per heavy atom. The van der Waals surface area contributed by atoms with Crippen LogP contribution in [0, 0.1) is 5.11 Å². The first-order chi connectivity index (χ1) is 30.5. The first kappa shape index (κ1) is 42.3. The Labute approximate surface area is 387 Å². The Hall–Kier alpha value is -5.64. The van der Waals surface area contributed by atoms with Crippen molar-refractivity contribution in [3.63, 3.8) is 0 Å². The molecule has 0 spiro atoms. The van der Waals surface area contributed by atoms with E-state index in [1.807, 2.05) is 20.0 Å². The van der Waals surface area contributed by atoms with Crippen LogP contribution in [0.4, 0.5) is 0 Å². The number of benzene rings is 8. The van der Waals surface area contributed by atoms with Crippen LogP contribution in [0.25, 0.3) is 99.0 Å². The zero-order valence-electron chi connectivity index (χ0n) is 39.5. The van der Waals surface area contributed by atoms with E-state index in [-0.39, 0.29) is 0 Å². The normalized spacial score (nSPS) is 14.2. The second-order valence-electron chi connectivity index (χ2n) is 19.8. The maximum atomic E-state index is 12.4. The molecular weight excluding hydrogens is 762 g/mol. The van der Waals surface area contributed by atoms with Crippen molar-refractivity contribution in [1.29, 1.82) is 0 Å². The average Bonchev–Trinajstić information content (AvgIpc) is 3.84. The van der Waals surface area contributed by atoms with Gasteiger partial charge in [-0.3, -0.25) is 0 Å². The van der Waals surface area contributed by atoms with E-state index in [0.717, 1.165) is 38.2 Å². The second kappa shape index (κ2) is 15.0. The third-order valence-electron chi connectivity index (χ3n) is 15.4. The van der Waals surface area contributed by atoms with E-state index in [4.69, 9.17) is 12.5 Å². The summed E-state index contributed by atoms with van der Waals surface area (Å²) in [7, 11) is 29.3. The van der Waals surface area contributed by atoms with Crippen LogP contribution in [-0.2, 0) is 5.50 Å². The van der Waals surface area contributed by atoms with Crippen LogP contribution in [0.1, 0.15) is 12.7 Å². The van der Waals surface area contributed by atoms with Crippen molar-refractivity contribution in [3.05, 3.63) is 142 Å². The molecule has 1 aromatic heterocycles. The number of hydrogen-bond donors (Lipinski definition) is 1. The minimum atomic E-state index is -1.24. The molecule has 0 aliphatic heterocycles. The number of aromatic nitrogens is 2. The molecule has 15 heteroatoms. The summed E-state index contributed by atoms with van der Waals surface area (Å²) in [6.45, 7) is 2.22. The Kier molecular flexibility index (Phi) is 9.89. The van der Waals surface area contributed by atoms with Gasteiger partial charge >= 0.3 is 389 Å². The van der Waals surface area contributed by atoms with Gasteiger partial charge in [0, 0.05) is 0 Å². The van der Waals surface area contributed by atoms with Crippen LogP contribution in [0.2, 0.25) is 5.11 Å². The standard InChI is InChI=1S/C49H46B12N2O/c1-21(50)40(51)44(55)39-35(29-19-20-32(25-12-5-4-11-24(25)29)63-33-16-7-6-15-31(33)62-47(63)48(58,64)49(59,60)61)37-38(43(54)46(57)45(56)42(37)53)36(41(39)52)30-18-17-28-23-10-3-2-9-22(23)26-13-8-14-27(30)34(26)28/h2-20,52,64H,50-51,53-61H2,1H3/b40-21-,44-39+.